The number of halogens is 1. The van der Waals surface area contributed by atoms with Crippen LogP contribution in [0.25, 0.3) is 0 Å². The monoisotopic (exact) mass is 419 g/mol. The van der Waals surface area contributed by atoms with Crippen LogP contribution < -0.4 is 5.32 Å². The zero-order valence-corrected chi connectivity index (χ0v) is 17.9. The molecule has 5 rings (SSSR count). The Bertz CT molecular complexity index is 1070. The number of pyridine rings is 1. The number of fused-ring (bicyclic) bond motifs is 5. The van der Waals surface area contributed by atoms with Crippen LogP contribution in [0.15, 0.2) is 54.9 Å². The summed E-state index contributed by atoms with van der Waals surface area (Å²) in [5.74, 6) is 0.429. The molecule has 2 N–H and O–H groups in total. The third-order valence-corrected chi connectivity index (χ3v) is 7.01. The van der Waals surface area contributed by atoms with Crippen molar-refractivity contribution in [3.8, 4) is 5.75 Å². The summed E-state index contributed by atoms with van der Waals surface area (Å²) < 4.78 is 0. The number of benzene rings is 2. The fraction of sp³-hybridized carbons (Fsp3) is 0.320. The number of aromatic hydroxyl groups is 1. The number of hydrogen-bond donors (Lipinski definition) is 2. The van der Waals surface area contributed by atoms with Crippen LogP contribution in [-0.2, 0) is 19.4 Å². The summed E-state index contributed by atoms with van der Waals surface area (Å²) in [6, 6.07) is 15.0. The second-order valence-electron chi connectivity index (χ2n) is 8.40. The van der Waals surface area contributed by atoms with Crippen LogP contribution in [-0.4, -0.2) is 34.6 Å². The first-order valence-electron chi connectivity index (χ1n) is 10.6. The van der Waals surface area contributed by atoms with Crippen molar-refractivity contribution < 1.29 is 5.11 Å². The first kappa shape index (κ1) is 19.4. The van der Waals surface area contributed by atoms with Gasteiger partial charge >= 0.3 is 0 Å². The van der Waals surface area contributed by atoms with Gasteiger partial charge < -0.3 is 15.3 Å². The molecule has 0 unspecified atom stereocenters. The number of phenols is 1. The second kappa shape index (κ2) is 7.93. The van der Waals surface area contributed by atoms with E-state index in [1.54, 1.807) is 6.20 Å². The Hall–Kier alpha value is -2.56. The molecule has 1 aliphatic heterocycles. The lowest BCUT2D eigenvalue weighted by molar-refractivity contribution is 0.213. The number of nitrogens with zero attached hydrogens (tertiary/aromatic N) is 2. The zero-order chi connectivity index (χ0) is 20.7. The predicted molar refractivity (Wildman–Crippen MR) is 121 cm³/mol. The second-order valence-corrected chi connectivity index (χ2v) is 8.80. The summed E-state index contributed by atoms with van der Waals surface area (Å²) in [6.45, 7) is 1.79. The maximum atomic E-state index is 10.4. The molecule has 0 amide bonds. The van der Waals surface area contributed by atoms with Gasteiger partial charge in [-0.15, -0.1) is 0 Å². The molecule has 2 aliphatic rings. The number of phenolic OH excluding ortho intramolecular Hbond substituents is 1. The van der Waals surface area contributed by atoms with Crippen molar-refractivity contribution in [3.63, 3.8) is 0 Å². The van der Waals surface area contributed by atoms with Crippen LogP contribution in [0.1, 0.15) is 40.2 Å². The molecule has 2 atom stereocenters. The molecule has 154 valence electrons. The van der Waals surface area contributed by atoms with Gasteiger partial charge in [-0.3, -0.25) is 4.98 Å². The summed E-state index contributed by atoms with van der Waals surface area (Å²) in [5, 5.41) is 14.3. The van der Waals surface area contributed by atoms with Gasteiger partial charge in [-0.05, 0) is 78.4 Å². The smallest absolute Gasteiger partial charge is 0.134 e. The van der Waals surface area contributed by atoms with Gasteiger partial charge in [0, 0.05) is 37.4 Å². The Labute approximate surface area is 182 Å². The molecule has 2 heterocycles. The Morgan fingerprint density at radius 2 is 2.07 bits per heavy atom. The van der Waals surface area contributed by atoms with Crippen molar-refractivity contribution in [1.82, 2.24) is 9.88 Å². The van der Waals surface area contributed by atoms with Crippen LogP contribution in [0, 0.1) is 0 Å². The van der Waals surface area contributed by atoms with Gasteiger partial charge in [0.25, 0.3) is 0 Å². The molecule has 2 aromatic carbocycles. The van der Waals surface area contributed by atoms with E-state index in [0.29, 0.717) is 11.1 Å². The molecule has 5 heteroatoms. The maximum Gasteiger partial charge on any atom is 0.134 e. The summed E-state index contributed by atoms with van der Waals surface area (Å²) in [5.41, 5.74) is 7.66. The van der Waals surface area contributed by atoms with Gasteiger partial charge in [-0.1, -0.05) is 29.8 Å². The fourth-order valence-electron chi connectivity index (χ4n) is 5.18. The Morgan fingerprint density at radius 1 is 1.17 bits per heavy atom. The Kier molecular flexibility index (Phi) is 5.13. The third-order valence-electron chi connectivity index (χ3n) is 6.71. The van der Waals surface area contributed by atoms with E-state index >= 15 is 0 Å². The number of aromatic nitrogens is 1. The lowest BCUT2D eigenvalue weighted by Crippen LogP contribution is -2.40. The highest BCUT2D eigenvalue weighted by atomic mass is 35.5. The van der Waals surface area contributed by atoms with Crippen molar-refractivity contribution >= 4 is 17.3 Å². The fourth-order valence-corrected chi connectivity index (χ4v) is 5.37. The van der Waals surface area contributed by atoms with Crippen LogP contribution in [0.3, 0.4) is 0 Å². The quantitative estimate of drug-likeness (QED) is 0.628. The van der Waals surface area contributed by atoms with Crippen LogP contribution in [0.2, 0.25) is 5.02 Å². The van der Waals surface area contributed by atoms with Gasteiger partial charge in [0.05, 0.1) is 10.7 Å². The molecule has 30 heavy (non-hydrogen) atoms. The maximum absolute atomic E-state index is 10.4. The number of rotatable bonds is 3. The number of likely N-dealkylation sites (N-methyl/N-ethyl adjacent to an activating group) is 1. The molecule has 3 aromatic rings. The van der Waals surface area contributed by atoms with E-state index in [1.807, 2.05) is 30.5 Å². The third kappa shape index (κ3) is 3.44. The Balaban J connectivity index is 1.56. The highest BCUT2D eigenvalue weighted by Gasteiger charge is 2.37. The molecule has 0 saturated heterocycles. The standard InChI is InChI=1S/C25H26ClN3O/c1-29-11-9-16-12-22(26)24(30)13-21(16)25-20-6-2-4-17(19(20)7-8-23(25)29)14-28-18-5-3-10-27-15-18/h2-6,10,12-13,15,23,25,28,30H,7-9,11,14H2,1H3/t23-,25+/m0/s1. The molecule has 0 spiro atoms. The molecule has 1 aromatic heterocycles. The van der Waals surface area contributed by atoms with Gasteiger partial charge in [0.1, 0.15) is 5.75 Å². The average molecular weight is 420 g/mol. The largest absolute Gasteiger partial charge is 0.506 e. The number of anilines is 1. The van der Waals surface area contributed by atoms with Crippen molar-refractivity contribution in [2.45, 2.75) is 37.8 Å². The average Bonchev–Trinajstić information content (AvgIpc) is 2.90. The molecule has 1 aliphatic carbocycles. The molecule has 0 bridgehead atoms. The molecule has 0 saturated carbocycles. The van der Waals surface area contributed by atoms with E-state index in [9.17, 15) is 5.11 Å². The molecular formula is C25H26ClN3O. The van der Waals surface area contributed by atoms with Crippen molar-refractivity contribution in [3.05, 3.63) is 87.7 Å². The topological polar surface area (TPSA) is 48.4 Å². The molecule has 4 nitrogen and oxygen atoms in total. The summed E-state index contributed by atoms with van der Waals surface area (Å²) in [4.78, 5) is 6.68. The summed E-state index contributed by atoms with van der Waals surface area (Å²) >= 11 is 6.26. The molecule has 0 radical (unpaired) electrons. The zero-order valence-electron chi connectivity index (χ0n) is 17.1. The van der Waals surface area contributed by atoms with Crippen LogP contribution >= 0.6 is 11.6 Å². The predicted octanol–water partition coefficient (Wildman–Crippen LogP) is 4.99. The minimum atomic E-state index is 0.181. The van der Waals surface area contributed by atoms with E-state index in [-0.39, 0.29) is 11.7 Å². The van der Waals surface area contributed by atoms with Gasteiger partial charge in [0.15, 0.2) is 0 Å². The van der Waals surface area contributed by atoms with Crippen molar-refractivity contribution in [1.29, 1.82) is 0 Å². The van der Waals surface area contributed by atoms with E-state index in [1.165, 1.54) is 27.8 Å². The minimum Gasteiger partial charge on any atom is -0.506 e. The van der Waals surface area contributed by atoms with E-state index in [2.05, 4.69) is 40.4 Å². The number of hydrogen-bond acceptors (Lipinski definition) is 4. The van der Waals surface area contributed by atoms with Crippen LogP contribution in [0.5, 0.6) is 5.75 Å². The SMILES string of the molecule is CN1CCc2cc(Cl)c(O)cc2[C@H]2c3cccc(CNc4cccnc4)c3CC[C@@H]21. The van der Waals surface area contributed by atoms with E-state index in [4.69, 9.17) is 11.6 Å². The lowest BCUT2D eigenvalue weighted by atomic mass is 9.73. The first-order chi connectivity index (χ1) is 14.6. The highest BCUT2D eigenvalue weighted by molar-refractivity contribution is 6.32. The summed E-state index contributed by atoms with van der Waals surface area (Å²) in [7, 11) is 2.23. The van der Waals surface area contributed by atoms with Crippen molar-refractivity contribution in [2.24, 2.45) is 0 Å². The summed E-state index contributed by atoms with van der Waals surface area (Å²) in [6.07, 6.45) is 6.78. The highest BCUT2D eigenvalue weighted by Crippen LogP contribution is 2.45. The van der Waals surface area contributed by atoms with Crippen molar-refractivity contribution in [2.75, 3.05) is 18.9 Å². The normalized spacial score (nSPS) is 20.6. The van der Waals surface area contributed by atoms with E-state index in [0.717, 1.165) is 38.0 Å². The Morgan fingerprint density at radius 3 is 2.90 bits per heavy atom. The van der Waals surface area contributed by atoms with E-state index < -0.39 is 0 Å². The van der Waals surface area contributed by atoms with Gasteiger partial charge in [-0.2, -0.15) is 0 Å². The van der Waals surface area contributed by atoms with Gasteiger partial charge in [0.2, 0.25) is 0 Å². The number of nitrogens with one attached hydrogen (secondary N) is 1. The first-order valence-corrected chi connectivity index (χ1v) is 11.0. The molecular weight excluding hydrogens is 394 g/mol. The minimum absolute atomic E-state index is 0.181. The lowest BCUT2D eigenvalue weighted by Gasteiger charge is -2.39. The molecule has 0 fully saturated rings. The van der Waals surface area contributed by atoms with Gasteiger partial charge in [-0.25, -0.2) is 0 Å². The van der Waals surface area contributed by atoms with Crippen LogP contribution in [0.4, 0.5) is 5.69 Å².